The summed E-state index contributed by atoms with van der Waals surface area (Å²) < 4.78 is 0. The minimum atomic E-state index is 0.355. The van der Waals surface area contributed by atoms with Gasteiger partial charge in [-0.05, 0) is 20.5 Å². The van der Waals surface area contributed by atoms with Crippen molar-refractivity contribution in [2.45, 2.75) is 19.5 Å². The third-order valence-corrected chi connectivity index (χ3v) is 1.73. The molecule has 0 fully saturated rings. The molecule has 1 unspecified atom stereocenters. The molecule has 0 saturated carbocycles. The maximum absolute atomic E-state index is 4.86. The summed E-state index contributed by atoms with van der Waals surface area (Å²) in [6, 6.07) is 0. The molecule has 4 heteroatoms. The van der Waals surface area contributed by atoms with Gasteiger partial charge in [-0.25, -0.2) is 0 Å². The number of nitrogens with one attached hydrogen (secondary N) is 1. The van der Waals surface area contributed by atoms with Crippen molar-refractivity contribution in [2.24, 2.45) is 0 Å². The van der Waals surface area contributed by atoms with Gasteiger partial charge in [-0.1, -0.05) is 12.5 Å². The summed E-state index contributed by atoms with van der Waals surface area (Å²) in [6.45, 7) is 2.14. The van der Waals surface area contributed by atoms with Crippen LogP contribution in [0.5, 0.6) is 0 Å². The molecule has 1 aliphatic heterocycles. The topological polar surface area (TPSA) is 27.7 Å². The van der Waals surface area contributed by atoms with Gasteiger partial charge in [-0.3, -0.25) is 9.91 Å². The molecule has 4 nitrogen and oxygen atoms in total. The van der Waals surface area contributed by atoms with Crippen LogP contribution in [0.3, 0.4) is 0 Å². The largest absolute Gasteiger partial charge is 0.395 e. The van der Waals surface area contributed by atoms with Crippen molar-refractivity contribution in [3.8, 4) is 0 Å². The lowest BCUT2D eigenvalue weighted by molar-refractivity contribution is -0.0306. The maximum atomic E-state index is 4.86. The minimum Gasteiger partial charge on any atom is -0.395 e. The molecule has 0 radical (unpaired) electrons. The van der Waals surface area contributed by atoms with Crippen LogP contribution in [0, 0.1) is 0 Å². The van der Waals surface area contributed by atoms with E-state index in [2.05, 4.69) is 17.4 Å². The van der Waals surface area contributed by atoms with Gasteiger partial charge in [0.25, 0.3) is 0 Å². The van der Waals surface area contributed by atoms with E-state index in [1.807, 2.05) is 25.3 Å². The molecule has 0 amide bonds. The van der Waals surface area contributed by atoms with E-state index in [0.717, 1.165) is 6.42 Å². The molecule has 1 N–H and O–H groups in total. The molecule has 1 aliphatic rings. The first kappa shape index (κ1) is 8.36. The predicted octanol–water partition coefficient (Wildman–Crippen LogP) is 0.507. The summed E-state index contributed by atoms with van der Waals surface area (Å²) in [5.74, 6) is 0. The van der Waals surface area contributed by atoms with Crippen molar-refractivity contribution >= 4 is 0 Å². The quantitative estimate of drug-likeness (QED) is 0.646. The second-order valence-electron chi connectivity index (χ2n) is 2.75. The van der Waals surface area contributed by atoms with Gasteiger partial charge in [0.1, 0.15) is 6.26 Å². The molecule has 1 heterocycles. The summed E-state index contributed by atoms with van der Waals surface area (Å²) >= 11 is 0. The van der Waals surface area contributed by atoms with Crippen LogP contribution < -0.4 is 5.59 Å². The molecule has 0 spiro atoms. The Labute approximate surface area is 67.3 Å². The van der Waals surface area contributed by atoms with E-state index in [9.17, 15) is 0 Å². The number of hydrogen-bond acceptors (Lipinski definition) is 4. The molecular weight excluding hydrogens is 142 g/mol. The summed E-state index contributed by atoms with van der Waals surface area (Å²) in [5, 5.41) is 1.93. The van der Waals surface area contributed by atoms with E-state index in [0.29, 0.717) is 6.17 Å². The molecule has 0 aromatic carbocycles. The minimum absolute atomic E-state index is 0.355. The summed E-state index contributed by atoms with van der Waals surface area (Å²) in [7, 11) is 4.09. The van der Waals surface area contributed by atoms with Gasteiger partial charge in [0, 0.05) is 0 Å². The number of nitrogens with zero attached hydrogens (tertiary/aromatic N) is 2. The molecule has 0 saturated heterocycles. The first-order valence-corrected chi connectivity index (χ1v) is 3.78. The SMILES string of the molecule is CCC(N(C)C)N1C=CON1. The van der Waals surface area contributed by atoms with Gasteiger partial charge in [-0.15, -0.1) is 0 Å². The Hall–Kier alpha value is -0.740. The van der Waals surface area contributed by atoms with Crippen molar-refractivity contribution in [1.82, 2.24) is 15.5 Å². The van der Waals surface area contributed by atoms with Gasteiger partial charge in [0.15, 0.2) is 0 Å². The fraction of sp³-hybridized carbons (Fsp3) is 0.714. The average Bonchev–Trinajstić information content (AvgIpc) is 2.40. The van der Waals surface area contributed by atoms with Crippen LogP contribution in [0.2, 0.25) is 0 Å². The van der Waals surface area contributed by atoms with Gasteiger partial charge >= 0.3 is 0 Å². The van der Waals surface area contributed by atoms with Crippen LogP contribution in [0.1, 0.15) is 13.3 Å². The zero-order chi connectivity index (χ0) is 8.27. The second-order valence-corrected chi connectivity index (χ2v) is 2.75. The smallest absolute Gasteiger partial charge is 0.131 e. The van der Waals surface area contributed by atoms with Crippen molar-refractivity contribution in [3.05, 3.63) is 12.5 Å². The van der Waals surface area contributed by atoms with Crippen LogP contribution in [0.15, 0.2) is 12.5 Å². The monoisotopic (exact) mass is 157 g/mol. The Morgan fingerprint density at radius 1 is 1.64 bits per heavy atom. The third kappa shape index (κ3) is 1.85. The molecule has 0 aromatic rings. The lowest BCUT2D eigenvalue weighted by atomic mass is 10.3. The molecule has 0 aromatic heterocycles. The van der Waals surface area contributed by atoms with Gasteiger partial charge in [0.05, 0.1) is 12.4 Å². The van der Waals surface area contributed by atoms with Crippen LogP contribution in [0.4, 0.5) is 0 Å². The van der Waals surface area contributed by atoms with Crippen LogP contribution in [0.25, 0.3) is 0 Å². The first-order valence-electron chi connectivity index (χ1n) is 3.78. The Balaban J connectivity index is 2.47. The van der Waals surface area contributed by atoms with Crippen LogP contribution >= 0.6 is 0 Å². The molecule has 1 rings (SSSR count). The average molecular weight is 157 g/mol. The first-order chi connectivity index (χ1) is 5.25. The molecule has 11 heavy (non-hydrogen) atoms. The van der Waals surface area contributed by atoms with Gasteiger partial charge in [0.2, 0.25) is 0 Å². The maximum Gasteiger partial charge on any atom is 0.131 e. The van der Waals surface area contributed by atoms with Gasteiger partial charge in [-0.2, -0.15) is 0 Å². The van der Waals surface area contributed by atoms with Crippen LogP contribution in [-0.2, 0) is 4.84 Å². The van der Waals surface area contributed by atoms with Crippen molar-refractivity contribution in [1.29, 1.82) is 0 Å². The zero-order valence-electron chi connectivity index (χ0n) is 7.24. The van der Waals surface area contributed by atoms with Crippen molar-refractivity contribution in [2.75, 3.05) is 14.1 Å². The predicted molar refractivity (Wildman–Crippen MR) is 43.0 cm³/mol. The standard InChI is InChI=1S/C7H15N3O/c1-4-7(9(2)3)10-5-6-11-8-10/h5-8H,4H2,1-3H3. The zero-order valence-corrected chi connectivity index (χ0v) is 7.24. The summed E-state index contributed by atoms with van der Waals surface area (Å²) in [4.78, 5) is 6.99. The molecule has 0 aliphatic carbocycles. The summed E-state index contributed by atoms with van der Waals surface area (Å²) in [5.41, 5.74) is 2.77. The lowest BCUT2D eigenvalue weighted by Crippen LogP contribution is -2.45. The molecule has 64 valence electrons. The van der Waals surface area contributed by atoms with E-state index >= 15 is 0 Å². The van der Waals surface area contributed by atoms with Crippen molar-refractivity contribution < 1.29 is 4.84 Å². The second kappa shape index (κ2) is 3.59. The number of hydrazine groups is 1. The van der Waals surface area contributed by atoms with Gasteiger partial charge < -0.3 is 4.84 Å². The highest BCUT2D eigenvalue weighted by Gasteiger charge is 2.17. The highest BCUT2D eigenvalue weighted by atomic mass is 16.7. The molecule has 0 bridgehead atoms. The highest BCUT2D eigenvalue weighted by Crippen LogP contribution is 2.07. The van der Waals surface area contributed by atoms with E-state index in [-0.39, 0.29) is 0 Å². The third-order valence-electron chi connectivity index (χ3n) is 1.73. The molecular formula is C7H15N3O. The normalized spacial score (nSPS) is 19.1. The number of rotatable bonds is 3. The van der Waals surface area contributed by atoms with E-state index in [1.165, 1.54) is 0 Å². The van der Waals surface area contributed by atoms with Crippen molar-refractivity contribution in [3.63, 3.8) is 0 Å². The lowest BCUT2D eigenvalue weighted by Gasteiger charge is -2.30. The summed E-state index contributed by atoms with van der Waals surface area (Å²) in [6.07, 6.45) is 4.92. The highest BCUT2D eigenvalue weighted by molar-refractivity contribution is 4.80. The Morgan fingerprint density at radius 3 is 2.73 bits per heavy atom. The fourth-order valence-electron chi connectivity index (χ4n) is 1.19. The fourth-order valence-corrected chi connectivity index (χ4v) is 1.19. The Morgan fingerprint density at radius 2 is 2.36 bits per heavy atom. The van der Waals surface area contributed by atoms with E-state index in [4.69, 9.17) is 4.84 Å². The Bertz CT molecular complexity index is 147. The Kier molecular flexibility index (Phi) is 2.73. The van der Waals surface area contributed by atoms with E-state index < -0.39 is 0 Å². The van der Waals surface area contributed by atoms with Crippen LogP contribution in [-0.4, -0.2) is 30.2 Å². The van der Waals surface area contributed by atoms with E-state index in [1.54, 1.807) is 6.26 Å². The number of hydrogen-bond donors (Lipinski definition) is 1. The molecule has 1 atom stereocenters.